The first kappa shape index (κ1) is 17.3. The maximum Gasteiger partial charge on any atom is 2.00 e. The Labute approximate surface area is 85.4 Å². The molecule has 1 nitrogen and oxygen atoms in total. The fourth-order valence-corrected chi connectivity index (χ4v) is 0.340. The summed E-state index contributed by atoms with van der Waals surface area (Å²) in [6, 6.07) is 0. The van der Waals surface area contributed by atoms with E-state index >= 15 is 0 Å². The maximum atomic E-state index is 2.99. The van der Waals surface area contributed by atoms with Gasteiger partial charge in [0.15, 0.2) is 0 Å². The van der Waals surface area contributed by atoms with Crippen molar-refractivity contribution < 1.29 is 21.1 Å². The van der Waals surface area contributed by atoms with Crippen LogP contribution in [0.2, 0.25) is 0 Å². The Bertz CT molecular complexity index is 93.4. The first-order valence-electron chi connectivity index (χ1n) is 3.06. The monoisotopic (exact) mass is 334 g/mol. The van der Waals surface area contributed by atoms with Gasteiger partial charge in [-0.25, -0.2) is 12.2 Å². The van der Waals surface area contributed by atoms with E-state index in [1.165, 1.54) is 0 Å². The number of allylic oxidation sites excluding steroid dienone is 4. The van der Waals surface area contributed by atoms with Gasteiger partial charge in [-0.2, -0.15) is 6.08 Å². The van der Waals surface area contributed by atoms with Crippen molar-refractivity contribution in [2.75, 3.05) is 21.1 Å². The third-order valence-corrected chi connectivity index (χ3v) is 0.586. The third-order valence-electron chi connectivity index (χ3n) is 0.586. The van der Waals surface area contributed by atoms with Crippen LogP contribution >= 0.6 is 0 Å². The topological polar surface area (TPSA) is 3.24 Å². The van der Waals surface area contributed by atoms with Crippen LogP contribution < -0.4 is 0 Å². The first-order chi connectivity index (χ1) is 4.23. The third kappa shape index (κ3) is 25.4. The van der Waals surface area contributed by atoms with Crippen molar-refractivity contribution in [1.82, 2.24) is 4.90 Å². The molecule has 11 heavy (non-hydrogen) atoms. The molecular formula is C9H17NPt. The standard InChI is InChI=1S/C5H5.C3H9N.CH3.Pt/c1-2-4-5-3-1;1-4(2)3;;/h1-3H,4H2;1-3H3;1H3;/q-1;;-1;+2. The second-order valence-electron chi connectivity index (χ2n) is 2.34. The zero-order valence-corrected chi connectivity index (χ0v) is 9.97. The molecule has 0 amide bonds. The van der Waals surface area contributed by atoms with Gasteiger partial charge >= 0.3 is 21.1 Å². The van der Waals surface area contributed by atoms with Gasteiger partial charge in [0.1, 0.15) is 0 Å². The van der Waals surface area contributed by atoms with Gasteiger partial charge in [-0.05, 0) is 21.1 Å². The second-order valence-corrected chi connectivity index (χ2v) is 2.34. The summed E-state index contributed by atoms with van der Waals surface area (Å²) in [5, 5.41) is 0. The number of nitrogens with zero attached hydrogens (tertiary/aromatic N) is 1. The number of hydrogen-bond donors (Lipinski definition) is 0. The molecule has 1 rings (SSSR count). The van der Waals surface area contributed by atoms with E-state index in [0.717, 1.165) is 6.42 Å². The van der Waals surface area contributed by atoms with Gasteiger partial charge < -0.3 is 12.3 Å². The molecule has 0 fully saturated rings. The van der Waals surface area contributed by atoms with Crippen LogP contribution in [0.5, 0.6) is 0 Å². The first-order valence-corrected chi connectivity index (χ1v) is 3.06. The van der Waals surface area contributed by atoms with Crippen LogP contribution in [0.25, 0.3) is 0 Å². The van der Waals surface area contributed by atoms with E-state index in [9.17, 15) is 0 Å². The van der Waals surface area contributed by atoms with Gasteiger partial charge in [-0.3, -0.25) is 6.08 Å². The Morgan fingerprint density at radius 2 is 1.73 bits per heavy atom. The summed E-state index contributed by atoms with van der Waals surface area (Å²) in [6.07, 6.45) is 10.0. The normalized spacial score (nSPS) is 11.3. The Balaban J connectivity index is -0.000000101. The predicted molar refractivity (Wildman–Crippen MR) is 47.6 cm³/mol. The van der Waals surface area contributed by atoms with E-state index in [2.05, 4.69) is 12.2 Å². The molecule has 0 saturated heterocycles. The van der Waals surface area contributed by atoms with E-state index < -0.39 is 0 Å². The summed E-state index contributed by atoms with van der Waals surface area (Å²) in [5.74, 6) is 0. The van der Waals surface area contributed by atoms with Crippen LogP contribution in [-0.4, -0.2) is 26.0 Å². The minimum Gasteiger partial charge on any atom is -0.358 e. The van der Waals surface area contributed by atoms with Crippen LogP contribution in [0.3, 0.4) is 0 Å². The molecule has 68 valence electrons. The molecule has 0 aromatic heterocycles. The molecule has 0 atom stereocenters. The zero-order chi connectivity index (χ0) is 7.11. The van der Waals surface area contributed by atoms with Crippen LogP contribution in [0.1, 0.15) is 6.42 Å². The molecule has 0 N–H and O–H groups in total. The van der Waals surface area contributed by atoms with Gasteiger partial charge in [-0.15, -0.1) is 6.42 Å². The molecule has 1 aliphatic carbocycles. The van der Waals surface area contributed by atoms with E-state index in [0.29, 0.717) is 0 Å². The van der Waals surface area contributed by atoms with Gasteiger partial charge in [0, 0.05) is 0 Å². The maximum absolute atomic E-state index is 2.99. The molecule has 0 aromatic rings. The van der Waals surface area contributed by atoms with E-state index in [1.807, 2.05) is 38.2 Å². The smallest absolute Gasteiger partial charge is 0.358 e. The summed E-state index contributed by atoms with van der Waals surface area (Å²) in [6.45, 7) is 0. The van der Waals surface area contributed by atoms with Gasteiger partial charge in [0.25, 0.3) is 0 Å². The molecule has 0 heterocycles. The molecular weight excluding hydrogens is 317 g/mol. The quantitative estimate of drug-likeness (QED) is 0.612. The molecule has 1 aliphatic rings. The fourth-order valence-electron chi connectivity index (χ4n) is 0.340. The zero-order valence-electron chi connectivity index (χ0n) is 7.70. The Morgan fingerprint density at radius 1 is 1.27 bits per heavy atom. The van der Waals surface area contributed by atoms with Crippen molar-refractivity contribution in [1.29, 1.82) is 0 Å². The average molecular weight is 334 g/mol. The summed E-state index contributed by atoms with van der Waals surface area (Å²) < 4.78 is 0. The van der Waals surface area contributed by atoms with E-state index in [-0.39, 0.29) is 28.5 Å². The van der Waals surface area contributed by atoms with Crippen molar-refractivity contribution in [3.63, 3.8) is 0 Å². The predicted octanol–water partition coefficient (Wildman–Crippen LogP) is 1.93. The van der Waals surface area contributed by atoms with Gasteiger partial charge in [0.2, 0.25) is 0 Å². The molecule has 0 radical (unpaired) electrons. The van der Waals surface area contributed by atoms with Crippen molar-refractivity contribution >= 4 is 0 Å². The molecule has 0 spiro atoms. The van der Waals surface area contributed by atoms with Crippen molar-refractivity contribution in [3.05, 3.63) is 31.7 Å². The Hall–Kier alpha value is 0.128. The summed E-state index contributed by atoms with van der Waals surface area (Å²) in [4.78, 5) is 2.00. The van der Waals surface area contributed by atoms with Crippen molar-refractivity contribution in [2.45, 2.75) is 6.42 Å². The average Bonchev–Trinajstić information content (AvgIpc) is 2.11. The molecule has 0 aliphatic heterocycles. The fraction of sp³-hybridized carbons (Fsp3) is 0.444. The van der Waals surface area contributed by atoms with Crippen LogP contribution in [-0.2, 0) is 21.1 Å². The molecule has 2 heteroatoms. The van der Waals surface area contributed by atoms with Crippen LogP contribution in [0.15, 0.2) is 18.2 Å². The van der Waals surface area contributed by atoms with Gasteiger partial charge in [0.05, 0.1) is 0 Å². The van der Waals surface area contributed by atoms with Crippen LogP contribution in [0.4, 0.5) is 0 Å². The Morgan fingerprint density at radius 3 is 1.82 bits per heavy atom. The van der Waals surface area contributed by atoms with Gasteiger partial charge in [-0.1, -0.05) is 0 Å². The molecule has 0 unspecified atom stereocenters. The minimum absolute atomic E-state index is 0. The molecule has 0 aromatic carbocycles. The largest absolute Gasteiger partial charge is 2.00 e. The van der Waals surface area contributed by atoms with Crippen LogP contribution in [0, 0.1) is 13.5 Å². The Kier molecular flexibility index (Phi) is 20.1. The number of rotatable bonds is 0. The van der Waals surface area contributed by atoms with E-state index in [4.69, 9.17) is 0 Å². The summed E-state index contributed by atoms with van der Waals surface area (Å²) >= 11 is 0. The number of hydrogen-bond acceptors (Lipinski definition) is 1. The summed E-state index contributed by atoms with van der Waals surface area (Å²) in [5.41, 5.74) is 0. The minimum atomic E-state index is 0. The molecule has 0 bridgehead atoms. The van der Waals surface area contributed by atoms with E-state index in [1.54, 1.807) is 0 Å². The SMILES string of the molecule is CN(C)C.[C-]1=CC=CC1.[CH3-].[Pt+2]. The molecule has 0 saturated carbocycles. The second kappa shape index (κ2) is 12.8. The summed E-state index contributed by atoms with van der Waals surface area (Å²) in [7, 11) is 6.00. The van der Waals surface area contributed by atoms with Crippen molar-refractivity contribution in [2.24, 2.45) is 0 Å². The van der Waals surface area contributed by atoms with Crippen molar-refractivity contribution in [3.8, 4) is 0 Å².